The van der Waals surface area contributed by atoms with Crippen molar-refractivity contribution >= 4 is 39.4 Å². The molecule has 0 aliphatic carbocycles. The van der Waals surface area contributed by atoms with Crippen molar-refractivity contribution < 1.29 is 22.5 Å². The van der Waals surface area contributed by atoms with E-state index in [1.807, 2.05) is 54.3 Å². The maximum absolute atomic E-state index is 12.3. The van der Waals surface area contributed by atoms with Crippen molar-refractivity contribution in [1.82, 2.24) is 0 Å². The summed E-state index contributed by atoms with van der Waals surface area (Å²) in [6.07, 6.45) is 3.77. The molecule has 32 heavy (non-hydrogen) atoms. The van der Waals surface area contributed by atoms with Gasteiger partial charge in [0.1, 0.15) is 5.82 Å². The highest BCUT2D eigenvalue weighted by atomic mass is 32.2. The molecule has 8 nitrogen and oxygen atoms in total. The first-order valence-corrected chi connectivity index (χ1v) is 12.1. The minimum atomic E-state index is -4.07. The number of carbonyl (C=O) groups is 1. The fraction of sp³-hybridized carbons (Fsp3) is 0.304. The number of esters is 1. The smallest absolute Gasteiger partial charge is 0.338 e. The van der Waals surface area contributed by atoms with Gasteiger partial charge in [0.25, 0.3) is 10.1 Å². The molecule has 0 radical (unpaired) electrons. The van der Waals surface area contributed by atoms with Crippen molar-refractivity contribution in [3.8, 4) is 0 Å². The number of hydrogen-bond acceptors (Lipinski definition) is 7. The van der Waals surface area contributed by atoms with E-state index >= 15 is 0 Å². The molecule has 0 spiro atoms. The van der Waals surface area contributed by atoms with Crippen LogP contribution in [0.1, 0.15) is 30.6 Å². The molecular formula is C23H27N3O5S. The third-order valence-corrected chi connectivity index (χ3v) is 5.73. The quantitative estimate of drug-likeness (QED) is 0.345. The van der Waals surface area contributed by atoms with Crippen LogP contribution in [0.3, 0.4) is 0 Å². The third-order valence-electron chi connectivity index (χ3n) is 4.92. The van der Waals surface area contributed by atoms with Crippen molar-refractivity contribution in [2.45, 2.75) is 20.3 Å². The van der Waals surface area contributed by atoms with Gasteiger partial charge in [-0.2, -0.15) is 8.42 Å². The molecule has 2 aromatic rings. The van der Waals surface area contributed by atoms with Gasteiger partial charge in [0.05, 0.1) is 35.0 Å². The number of carbonyl (C=O) groups excluding carboxylic acids is 1. The fourth-order valence-corrected chi connectivity index (χ4v) is 4.05. The van der Waals surface area contributed by atoms with Crippen LogP contribution in [-0.2, 0) is 14.9 Å². The maximum atomic E-state index is 12.3. The van der Waals surface area contributed by atoms with E-state index in [0.29, 0.717) is 18.7 Å². The molecule has 0 bridgehead atoms. The van der Waals surface area contributed by atoms with E-state index in [4.69, 9.17) is 9.29 Å². The second kappa shape index (κ2) is 10.4. The Hall–Kier alpha value is -3.17. The Kier molecular flexibility index (Phi) is 7.66. The summed E-state index contributed by atoms with van der Waals surface area (Å²) in [5, 5.41) is 0. The van der Waals surface area contributed by atoms with Gasteiger partial charge in [-0.05, 0) is 56.7 Å². The van der Waals surface area contributed by atoms with Crippen LogP contribution >= 0.6 is 0 Å². The van der Waals surface area contributed by atoms with Crippen LogP contribution in [0.15, 0.2) is 65.4 Å². The van der Waals surface area contributed by atoms with Crippen LogP contribution in [-0.4, -0.2) is 50.6 Å². The van der Waals surface area contributed by atoms with E-state index in [-0.39, 0.29) is 18.8 Å². The van der Waals surface area contributed by atoms with Gasteiger partial charge in [0.15, 0.2) is 0 Å². The van der Waals surface area contributed by atoms with Gasteiger partial charge in [-0.15, -0.1) is 0 Å². The highest BCUT2D eigenvalue weighted by Gasteiger charge is 2.31. The predicted octanol–water partition coefficient (Wildman–Crippen LogP) is 4.03. The van der Waals surface area contributed by atoms with E-state index in [1.54, 1.807) is 25.3 Å². The molecule has 0 fully saturated rings. The second-order valence-corrected chi connectivity index (χ2v) is 8.67. The van der Waals surface area contributed by atoms with Gasteiger partial charge in [-0.3, -0.25) is 9.55 Å². The summed E-state index contributed by atoms with van der Waals surface area (Å²) in [5.41, 5.74) is 2.89. The van der Waals surface area contributed by atoms with E-state index in [1.165, 1.54) is 0 Å². The van der Waals surface area contributed by atoms with Crippen LogP contribution < -0.4 is 9.80 Å². The number of allylic oxidation sites excluding steroid dienone is 1. The molecule has 9 heteroatoms. The van der Waals surface area contributed by atoms with E-state index in [2.05, 4.69) is 9.89 Å². The normalized spacial score (nSPS) is 14.9. The zero-order chi connectivity index (χ0) is 23.1. The first kappa shape index (κ1) is 23.5. The van der Waals surface area contributed by atoms with Gasteiger partial charge in [0.2, 0.25) is 0 Å². The lowest BCUT2D eigenvalue weighted by Crippen LogP contribution is -2.30. The molecule has 1 heterocycles. The number of anilines is 2. The lowest BCUT2D eigenvalue weighted by Gasteiger charge is -2.24. The van der Waals surface area contributed by atoms with Crippen molar-refractivity contribution in [3.05, 3.63) is 66.0 Å². The average molecular weight is 458 g/mol. The molecule has 1 aliphatic heterocycles. The number of fused-ring (bicyclic) bond motifs is 1. The molecular weight excluding hydrogens is 430 g/mol. The van der Waals surface area contributed by atoms with E-state index in [0.717, 1.165) is 22.9 Å². The SMILES string of the molecule is CCOC(=O)c1ccc2c(c1)N(CCCS(=O)(=O)O)/C(=C/C=Nc1ccccc1)N2CC. The van der Waals surface area contributed by atoms with Gasteiger partial charge in [-0.1, -0.05) is 18.2 Å². The summed E-state index contributed by atoms with van der Waals surface area (Å²) in [7, 11) is -4.07. The summed E-state index contributed by atoms with van der Waals surface area (Å²) in [6.45, 7) is 5.02. The Labute approximate surface area is 188 Å². The van der Waals surface area contributed by atoms with Crippen LogP contribution in [0.4, 0.5) is 17.1 Å². The Bertz CT molecular complexity index is 1110. The Balaban J connectivity index is 1.97. The molecule has 3 rings (SSSR count). The van der Waals surface area contributed by atoms with Gasteiger partial charge in [0, 0.05) is 19.3 Å². The molecule has 0 saturated carbocycles. The molecule has 1 N–H and O–H groups in total. The molecule has 2 aromatic carbocycles. The number of hydrogen-bond donors (Lipinski definition) is 1. The zero-order valence-electron chi connectivity index (χ0n) is 18.1. The molecule has 0 amide bonds. The molecule has 0 unspecified atom stereocenters. The highest BCUT2D eigenvalue weighted by Crippen LogP contribution is 2.42. The van der Waals surface area contributed by atoms with Crippen LogP contribution in [0.2, 0.25) is 0 Å². The van der Waals surface area contributed by atoms with Gasteiger partial charge >= 0.3 is 5.97 Å². The number of benzene rings is 2. The summed E-state index contributed by atoms with van der Waals surface area (Å²) < 4.78 is 36.7. The zero-order valence-corrected chi connectivity index (χ0v) is 19.0. The topological polar surface area (TPSA) is 99.5 Å². The number of aliphatic imine (C=N–C) groups is 1. The van der Waals surface area contributed by atoms with E-state index in [9.17, 15) is 13.2 Å². The molecule has 0 saturated heterocycles. The van der Waals surface area contributed by atoms with Crippen LogP contribution in [0.5, 0.6) is 0 Å². The first-order valence-electron chi connectivity index (χ1n) is 10.4. The summed E-state index contributed by atoms with van der Waals surface area (Å²) in [5.74, 6) is 0.0336. The Morgan fingerprint density at radius 3 is 2.50 bits per heavy atom. The minimum absolute atomic E-state index is 0.215. The largest absolute Gasteiger partial charge is 0.462 e. The maximum Gasteiger partial charge on any atom is 0.338 e. The summed E-state index contributed by atoms with van der Waals surface area (Å²) >= 11 is 0. The lowest BCUT2D eigenvalue weighted by atomic mass is 10.1. The Morgan fingerprint density at radius 2 is 1.84 bits per heavy atom. The summed E-state index contributed by atoms with van der Waals surface area (Å²) in [4.78, 5) is 20.7. The van der Waals surface area contributed by atoms with Crippen molar-refractivity contribution in [2.24, 2.45) is 4.99 Å². The van der Waals surface area contributed by atoms with Gasteiger partial charge < -0.3 is 14.5 Å². The fourth-order valence-electron chi connectivity index (χ4n) is 3.56. The van der Waals surface area contributed by atoms with Gasteiger partial charge in [-0.25, -0.2) is 4.79 Å². The standard InChI is InChI=1S/C23H27N3O5S/c1-3-25-20-12-11-18(23(27)31-4-2)17-21(20)26(15-8-16-32(28,29)30)22(25)13-14-24-19-9-6-5-7-10-19/h5-7,9-14,17H,3-4,8,15-16H2,1-2H3,(H,28,29,30)/b22-13+,24-14?. The lowest BCUT2D eigenvalue weighted by molar-refractivity contribution is 0.0526. The third kappa shape index (κ3) is 5.74. The number of para-hydroxylation sites is 1. The minimum Gasteiger partial charge on any atom is -0.462 e. The highest BCUT2D eigenvalue weighted by molar-refractivity contribution is 7.85. The monoisotopic (exact) mass is 457 g/mol. The molecule has 0 aromatic heterocycles. The number of rotatable bonds is 9. The Morgan fingerprint density at radius 1 is 1.09 bits per heavy atom. The van der Waals surface area contributed by atoms with Crippen LogP contribution in [0.25, 0.3) is 0 Å². The van der Waals surface area contributed by atoms with Crippen molar-refractivity contribution in [2.75, 3.05) is 35.2 Å². The average Bonchev–Trinajstić information content (AvgIpc) is 3.05. The molecule has 1 aliphatic rings. The van der Waals surface area contributed by atoms with Crippen LogP contribution in [0, 0.1) is 0 Å². The van der Waals surface area contributed by atoms with Crippen molar-refractivity contribution in [3.63, 3.8) is 0 Å². The van der Waals surface area contributed by atoms with Crippen molar-refractivity contribution in [1.29, 1.82) is 0 Å². The van der Waals surface area contributed by atoms with E-state index < -0.39 is 16.1 Å². The first-order chi connectivity index (χ1) is 15.3. The number of nitrogens with zero attached hydrogens (tertiary/aromatic N) is 3. The molecule has 0 atom stereocenters. The predicted molar refractivity (Wildman–Crippen MR) is 126 cm³/mol. The molecule has 170 valence electrons. The second-order valence-electron chi connectivity index (χ2n) is 7.10. The summed E-state index contributed by atoms with van der Waals surface area (Å²) in [6, 6.07) is 14.8. The number of ether oxygens (including phenoxy) is 1.